The van der Waals surface area contributed by atoms with E-state index >= 15 is 0 Å². The summed E-state index contributed by atoms with van der Waals surface area (Å²) in [6.45, 7) is 0. The quantitative estimate of drug-likeness (QED) is 0.778. The Morgan fingerprint density at radius 3 is 2.88 bits per heavy atom. The molecule has 3 N–H and O–H groups in total. The molecule has 1 saturated carbocycles. The summed E-state index contributed by atoms with van der Waals surface area (Å²) in [5.74, 6) is 0.192. The standard InChI is InChI=1S/C14H17FN2/c15-12-6-3-5-10-11(8-17-14(10)12)9-4-1-2-7-13(9)16/h3,5-6,8-9,13,17H,1-2,4,7,16H2. The SMILES string of the molecule is NC1CCCCC1c1c[nH]c2c(F)cccc12. The molecule has 90 valence electrons. The van der Waals surface area contributed by atoms with E-state index in [-0.39, 0.29) is 11.9 Å². The summed E-state index contributed by atoms with van der Waals surface area (Å²) in [4.78, 5) is 3.04. The lowest BCUT2D eigenvalue weighted by molar-refractivity contribution is 0.387. The number of hydrogen-bond donors (Lipinski definition) is 2. The number of H-pyrrole nitrogens is 1. The zero-order chi connectivity index (χ0) is 11.8. The molecule has 0 saturated heterocycles. The first kappa shape index (κ1) is 10.8. The first-order valence-electron chi connectivity index (χ1n) is 6.28. The van der Waals surface area contributed by atoms with E-state index in [1.807, 2.05) is 12.3 Å². The Balaban J connectivity index is 2.08. The minimum absolute atomic E-state index is 0.182. The van der Waals surface area contributed by atoms with Crippen LogP contribution in [0.15, 0.2) is 24.4 Å². The molecule has 17 heavy (non-hydrogen) atoms. The van der Waals surface area contributed by atoms with Crippen LogP contribution in [0.25, 0.3) is 10.9 Å². The van der Waals surface area contributed by atoms with Gasteiger partial charge in [-0.2, -0.15) is 0 Å². The second-order valence-corrected chi connectivity index (χ2v) is 4.96. The van der Waals surface area contributed by atoms with Gasteiger partial charge in [0.25, 0.3) is 0 Å². The van der Waals surface area contributed by atoms with Crippen molar-refractivity contribution in [2.45, 2.75) is 37.6 Å². The van der Waals surface area contributed by atoms with E-state index in [2.05, 4.69) is 4.98 Å². The van der Waals surface area contributed by atoms with Crippen LogP contribution in [0.1, 0.15) is 37.2 Å². The molecule has 2 nitrogen and oxygen atoms in total. The number of benzene rings is 1. The van der Waals surface area contributed by atoms with Crippen molar-refractivity contribution in [3.05, 3.63) is 35.8 Å². The van der Waals surface area contributed by atoms with Crippen molar-refractivity contribution in [3.63, 3.8) is 0 Å². The number of halogens is 1. The van der Waals surface area contributed by atoms with Gasteiger partial charge in [-0.1, -0.05) is 25.0 Å². The van der Waals surface area contributed by atoms with E-state index in [4.69, 9.17) is 5.73 Å². The summed E-state index contributed by atoms with van der Waals surface area (Å²) in [5.41, 5.74) is 7.99. The lowest BCUT2D eigenvalue weighted by Crippen LogP contribution is -2.31. The zero-order valence-corrected chi connectivity index (χ0v) is 9.75. The molecular formula is C14H17FN2. The van der Waals surface area contributed by atoms with Crippen LogP contribution in [-0.4, -0.2) is 11.0 Å². The average Bonchev–Trinajstić information content (AvgIpc) is 2.75. The molecule has 0 bridgehead atoms. The van der Waals surface area contributed by atoms with Crippen LogP contribution in [0.5, 0.6) is 0 Å². The van der Waals surface area contributed by atoms with E-state index in [0.29, 0.717) is 11.4 Å². The van der Waals surface area contributed by atoms with Crippen LogP contribution >= 0.6 is 0 Å². The van der Waals surface area contributed by atoms with E-state index < -0.39 is 0 Å². The number of nitrogens with two attached hydrogens (primary N) is 1. The molecule has 1 fully saturated rings. The van der Waals surface area contributed by atoms with E-state index in [9.17, 15) is 4.39 Å². The Hall–Kier alpha value is -1.35. The third-order valence-corrected chi connectivity index (χ3v) is 3.92. The van der Waals surface area contributed by atoms with Crippen LogP contribution in [0.2, 0.25) is 0 Å². The number of para-hydroxylation sites is 1. The van der Waals surface area contributed by atoms with Gasteiger partial charge in [0, 0.05) is 23.5 Å². The topological polar surface area (TPSA) is 41.8 Å². The maximum absolute atomic E-state index is 13.6. The zero-order valence-electron chi connectivity index (χ0n) is 9.75. The first-order chi connectivity index (χ1) is 8.27. The summed E-state index contributed by atoms with van der Waals surface area (Å²) >= 11 is 0. The molecule has 1 aromatic carbocycles. The number of nitrogens with one attached hydrogen (secondary N) is 1. The van der Waals surface area contributed by atoms with Crippen molar-refractivity contribution in [2.75, 3.05) is 0 Å². The van der Waals surface area contributed by atoms with Gasteiger partial charge in [0.1, 0.15) is 5.82 Å². The maximum atomic E-state index is 13.6. The van der Waals surface area contributed by atoms with E-state index in [0.717, 1.165) is 18.2 Å². The van der Waals surface area contributed by atoms with Gasteiger partial charge in [-0.25, -0.2) is 4.39 Å². The van der Waals surface area contributed by atoms with Crippen molar-refractivity contribution in [2.24, 2.45) is 5.73 Å². The van der Waals surface area contributed by atoms with Crippen molar-refractivity contribution in [1.82, 2.24) is 4.98 Å². The van der Waals surface area contributed by atoms with Crippen LogP contribution in [0.4, 0.5) is 4.39 Å². The highest BCUT2D eigenvalue weighted by Crippen LogP contribution is 2.36. The van der Waals surface area contributed by atoms with Crippen LogP contribution in [0, 0.1) is 5.82 Å². The Labute approximate surface area is 100 Å². The molecule has 1 aliphatic rings. The summed E-state index contributed by atoms with van der Waals surface area (Å²) in [5, 5.41) is 0.993. The molecule has 3 rings (SSSR count). The van der Waals surface area contributed by atoms with Gasteiger partial charge < -0.3 is 10.7 Å². The molecule has 1 heterocycles. The lowest BCUT2D eigenvalue weighted by atomic mass is 9.80. The summed E-state index contributed by atoms with van der Waals surface area (Å²) < 4.78 is 13.6. The smallest absolute Gasteiger partial charge is 0.147 e. The second kappa shape index (κ2) is 4.15. The Kier molecular flexibility index (Phi) is 2.63. The van der Waals surface area contributed by atoms with Crippen molar-refractivity contribution >= 4 is 10.9 Å². The fraction of sp³-hybridized carbons (Fsp3) is 0.429. The molecule has 3 heteroatoms. The summed E-state index contributed by atoms with van der Waals surface area (Å²) in [7, 11) is 0. The third kappa shape index (κ3) is 1.75. The van der Waals surface area contributed by atoms with Crippen LogP contribution < -0.4 is 5.73 Å². The highest BCUT2D eigenvalue weighted by atomic mass is 19.1. The van der Waals surface area contributed by atoms with Crippen molar-refractivity contribution < 1.29 is 4.39 Å². The predicted molar refractivity (Wildman–Crippen MR) is 67.4 cm³/mol. The third-order valence-electron chi connectivity index (χ3n) is 3.92. The van der Waals surface area contributed by atoms with Gasteiger partial charge in [0.05, 0.1) is 5.52 Å². The Morgan fingerprint density at radius 1 is 1.24 bits per heavy atom. The highest BCUT2D eigenvalue weighted by molar-refractivity contribution is 5.84. The number of aromatic amines is 1. The highest BCUT2D eigenvalue weighted by Gasteiger charge is 2.25. The number of fused-ring (bicyclic) bond motifs is 1. The minimum Gasteiger partial charge on any atom is -0.359 e. The fourth-order valence-corrected chi connectivity index (χ4v) is 2.99. The van der Waals surface area contributed by atoms with E-state index in [1.54, 1.807) is 6.07 Å². The van der Waals surface area contributed by atoms with Crippen LogP contribution in [-0.2, 0) is 0 Å². The second-order valence-electron chi connectivity index (χ2n) is 4.96. The molecule has 0 amide bonds. The molecule has 0 aliphatic heterocycles. The van der Waals surface area contributed by atoms with Gasteiger partial charge in [0.2, 0.25) is 0 Å². The molecule has 0 radical (unpaired) electrons. The molecule has 1 aromatic heterocycles. The molecule has 1 aliphatic carbocycles. The van der Waals surface area contributed by atoms with Gasteiger partial charge in [-0.3, -0.25) is 0 Å². The van der Waals surface area contributed by atoms with Gasteiger partial charge in [0.15, 0.2) is 0 Å². The molecule has 2 atom stereocenters. The molecule has 0 spiro atoms. The first-order valence-corrected chi connectivity index (χ1v) is 6.28. The Morgan fingerprint density at radius 2 is 2.06 bits per heavy atom. The molecular weight excluding hydrogens is 215 g/mol. The van der Waals surface area contributed by atoms with Crippen LogP contribution in [0.3, 0.4) is 0 Å². The largest absolute Gasteiger partial charge is 0.359 e. The molecule has 2 unspecified atom stereocenters. The fourth-order valence-electron chi connectivity index (χ4n) is 2.99. The number of aromatic nitrogens is 1. The van der Waals surface area contributed by atoms with Crippen molar-refractivity contribution in [3.8, 4) is 0 Å². The molecule has 2 aromatic rings. The van der Waals surface area contributed by atoms with Gasteiger partial charge in [-0.15, -0.1) is 0 Å². The number of rotatable bonds is 1. The lowest BCUT2D eigenvalue weighted by Gasteiger charge is -2.28. The summed E-state index contributed by atoms with van der Waals surface area (Å²) in [6.07, 6.45) is 6.57. The van der Waals surface area contributed by atoms with Gasteiger partial charge in [-0.05, 0) is 24.5 Å². The predicted octanol–water partition coefficient (Wildman–Crippen LogP) is 3.29. The Bertz CT molecular complexity index is 532. The normalized spacial score (nSPS) is 25.3. The average molecular weight is 232 g/mol. The summed E-state index contributed by atoms with van der Waals surface area (Å²) in [6, 6.07) is 5.45. The minimum atomic E-state index is -0.182. The van der Waals surface area contributed by atoms with Crippen molar-refractivity contribution in [1.29, 1.82) is 0 Å². The maximum Gasteiger partial charge on any atom is 0.147 e. The van der Waals surface area contributed by atoms with Gasteiger partial charge >= 0.3 is 0 Å². The number of hydrogen-bond acceptors (Lipinski definition) is 1. The monoisotopic (exact) mass is 232 g/mol. The van der Waals surface area contributed by atoms with E-state index in [1.165, 1.54) is 24.5 Å².